The van der Waals surface area contributed by atoms with Crippen LogP contribution >= 0.6 is 7.92 Å². The average molecular weight is 421 g/mol. The van der Waals surface area contributed by atoms with Crippen LogP contribution in [0.15, 0.2) is 77.1 Å². The molecule has 30 heavy (non-hydrogen) atoms. The van der Waals surface area contributed by atoms with E-state index in [4.69, 9.17) is 19.2 Å². The van der Waals surface area contributed by atoms with Gasteiger partial charge in [0.25, 0.3) is 0 Å². The molecule has 2 aliphatic rings. The van der Waals surface area contributed by atoms with Crippen molar-refractivity contribution in [3.63, 3.8) is 0 Å². The second-order valence-electron chi connectivity index (χ2n) is 7.78. The van der Waals surface area contributed by atoms with Crippen LogP contribution in [0.2, 0.25) is 0 Å². The molecule has 156 valence electrons. The summed E-state index contributed by atoms with van der Waals surface area (Å²) < 4.78 is 16.8. The van der Waals surface area contributed by atoms with Crippen molar-refractivity contribution in [1.82, 2.24) is 0 Å². The van der Waals surface area contributed by atoms with Crippen LogP contribution in [0, 0.1) is 11.8 Å². The van der Waals surface area contributed by atoms with Gasteiger partial charge < -0.3 is 14.2 Å². The van der Waals surface area contributed by atoms with Crippen LogP contribution in [0.4, 0.5) is 0 Å². The van der Waals surface area contributed by atoms with E-state index in [1.807, 2.05) is 24.3 Å². The van der Waals surface area contributed by atoms with Gasteiger partial charge in [-0.3, -0.25) is 0 Å². The molecule has 2 aromatic carbocycles. The maximum atomic E-state index is 6.06. The van der Waals surface area contributed by atoms with E-state index < -0.39 is 7.92 Å². The van der Waals surface area contributed by atoms with E-state index >= 15 is 0 Å². The van der Waals surface area contributed by atoms with E-state index in [0.717, 1.165) is 17.4 Å². The molecule has 0 amide bonds. The molecule has 0 radical (unpaired) electrons. The first-order valence-corrected chi connectivity index (χ1v) is 11.6. The van der Waals surface area contributed by atoms with Gasteiger partial charge in [0.05, 0.1) is 26.2 Å². The van der Waals surface area contributed by atoms with Gasteiger partial charge in [-0.2, -0.15) is 0 Å². The summed E-state index contributed by atoms with van der Waals surface area (Å²) in [6.07, 6.45) is 6.58. The van der Waals surface area contributed by atoms with Crippen LogP contribution in [0.3, 0.4) is 0 Å². The van der Waals surface area contributed by atoms with Gasteiger partial charge >= 0.3 is 0 Å². The van der Waals surface area contributed by atoms with E-state index in [9.17, 15) is 0 Å². The highest BCUT2D eigenvalue weighted by Gasteiger charge is 2.34. The summed E-state index contributed by atoms with van der Waals surface area (Å²) in [4.78, 5) is 4.92. The van der Waals surface area contributed by atoms with Gasteiger partial charge in [-0.05, 0) is 54.0 Å². The van der Waals surface area contributed by atoms with Gasteiger partial charge in [-0.15, -0.1) is 0 Å². The third-order valence-electron chi connectivity index (χ3n) is 5.54. The Kier molecular flexibility index (Phi) is 6.24. The summed E-state index contributed by atoms with van der Waals surface area (Å²) in [5.74, 6) is 3.14. The lowest BCUT2D eigenvalue weighted by molar-refractivity contribution is 0.284. The summed E-state index contributed by atoms with van der Waals surface area (Å²) >= 11 is 0. The number of allylic oxidation sites excluding steroid dienone is 2. The Hall–Kier alpha value is -2.58. The number of ether oxygens (including phenoxy) is 3. The third-order valence-corrected chi connectivity index (χ3v) is 8.11. The maximum Gasteiger partial charge on any atom is 0.195 e. The zero-order chi connectivity index (χ0) is 21.1. The Morgan fingerprint density at radius 1 is 0.933 bits per heavy atom. The summed E-state index contributed by atoms with van der Waals surface area (Å²) in [6.45, 7) is 5.07. The average Bonchev–Trinajstić information content (AvgIpc) is 3.45. The van der Waals surface area contributed by atoms with Gasteiger partial charge in [0.1, 0.15) is 18.1 Å². The van der Waals surface area contributed by atoms with Crippen molar-refractivity contribution >= 4 is 24.4 Å². The second kappa shape index (κ2) is 9.06. The highest BCUT2D eigenvalue weighted by molar-refractivity contribution is 7.76. The minimum absolute atomic E-state index is 0.0871. The van der Waals surface area contributed by atoms with Crippen molar-refractivity contribution in [2.45, 2.75) is 19.9 Å². The van der Waals surface area contributed by atoms with E-state index in [1.165, 1.54) is 15.9 Å². The van der Waals surface area contributed by atoms with Crippen LogP contribution in [0.25, 0.3) is 0 Å². The molecule has 0 spiro atoms. The van der Waals surface area contributed by atoms with E-state index in [0.29, 0.717) is 12.5 Å². The van der Waals surface area contributed by atoms with Crippen molar-refractivity contribution < 1.29 is 14.2 Å². The van der Waals surface area contributed by atoms with Gasteiger partial charge in [0.15, 0.2) is 5.90 Å². The number of aliphatic imine (C=N–C) groups is 1. The zero-order valence-corrected chi connectivity index (χ0v) is 18.8. The molecular formula is C25H28NO3P. The number of benzene rings is 2. The minimum Gasteiger partial charge on any atom is -0.497 e. The van der Waals surface area contributed by atoms with Crippen molar-refractivity contribution in [2.24, 2.45) is 16.8 Å². The summed E-state index contributed by atoms with van der Waals surface area (Å²) in [7, 11) is 2.65. The number of nitrogens with zero attached hydrogens (tertiary/aromatic N) is 1. The number of hydrogen-bond donors (Lipinski definition) is 0. The third kappa shape index (κ3) is 4.15. The Labute approximate surface area is 180 Å². The first-order chi connectivity index (χ1) is 14.6. The number of methoxy groups -OCH3 is 2. The Morgan fingerprint density at radius 2 is 1.50 bits per heavy atom. The fraction of sp³-hybridized carbons (Fsp3) is 0.320. The molecule has 1 aliphatic heterocycles. The molecular weight excluding hydrogens is 393 g/mol. The summed E-state index contributed by atoms with van der Waals surface area (Å²) in [5, 5.41) is 3.88. The van der Waals surface area contributed by atoms with Gasteiger partial charge in [0.2, 0.25) is 0 Å². The molecule has 0 aromatic heterocycles. The molecule has 0 bridgehead atoms. The molecule has 2 aromatic rings. The number of hydrogen-bond acceptors (Lipinski definition) is 4. The normalized spacial score (nSPS) is 20.3. The van der Waals surface area contributed by atoms with Crippen molar-refractivity contribution in [1.29, 1.82) is 0 Å². The predicted molar refractivity (Wildman–Crippen MR) is 125 cm³/mol. The van der Waals surface area contributed by atoms with Crippen LogP contribution < -0.4 is 20.1 Å². The Bertz CT molecular complexity index is 913. The lowest BCUT2D eigenvalue weighted by atomic mass is 10.1. The molecule has 1 aliphatic carbocycles. The maximum absolute atomic E-state index is 6.06. The molecule has 5 heteroatoms. The lowest BCUT2D eigenvalue weighted by Crippen LogP contribution is -2.20. The Morgan fingerprint density at radius 3 is 1.97 bits per heavy atom. The highest BCUT2D eigenvalue weighted by atomic mass is 31.1. The fourth-order valence-electron chi connectivity index (χ4n) is 3.72. The quantitative estimate of drug-likeness (QED) is 0.611. The van der Waals surface area contributed by atoms with Gasteiger partial charge in [-0.25, -0.2) is 4.99 Å². The molecule has 2 atom stereocenters. The molecule has 1 unspecified atom stereocenters. The molecule has 0 N–H and O–H groups in total. The topological polar surface area (TPSA) is 40.0 Å². The van der Waals surface area contributed by atoms with E-state index in [2.05, 4.69) is 56.3 Å². The SMILES string of the molecule is COc1ccc(P(C2=CC=CC2C2=N[C@@H](C(C)C)CO2)c2ccc(OC)cc2)cc1. The van der Waals surface area contributed by atoms with Crippen LogP contribution in [0.5, 0.6) is 11.5 Å². The van der Waals surface area contributed by atoms with Crippen LogP contribution in [-0.4, -0.2) is 32.8 Å². The monoisotopic (exact) mass is 421 g/mol. The molecule has 4 nitrogen and oxygen atoms in total. The summed E-state index contributed by atoms with van der Waals surface area (Å²) in [5.41, 5.74) is 0. The fourth-order valence-corrected chi connectivity index (χ4v) is 6.22. The van der Waals surface area contributed by atoms with Crippen molar-refractivity contribution in [3.8, 4) is 11.5 Å². The first-order valence-electron chi connectivity index (χ1n) is 10.3. The standard InChI is InChI=1S/C25H28NO3P/c1-17(2)23-16-29-25(26-23)22-6-5-7-24(22)30(20-12-8-18(27-3)9-13-20)21-14-10-19(28-4)11-15-21/h5-15,17,22-23H,16H2,1-4H3/t22?,23-/m1/s1. The van der Waals surface area contributed by atoms with Crippen molar-refractivity contribution in [3.05, 3.63) is 72.1 Å². The second-order valence-corrected chi connectivity index (χ2v) is 10.00. The van der Waals surface area contributed by atoms with E-state index in [1.54, 1.807) is 14.2 Å². The molecule has 0 saturated carbocycles. The first kappa shape index (κ1) is 20.7. The zero-order valence-electron chi connectivity index (χ0n) is 17.9. The van der Waals surface area contributed by atoms with Crippen LogP contribution in [0.1, 0.15) is 13.8 Å². The molecule has 0 fully saturated rings. The van der Waals surface area contributed by atoms with Gasteiger partial charge in [-0.1, -0.05) is 56.3 Å². The van der Waals surface area contributed by atoms with Crippen molar-refractivity contribution in [2.75, 3.05) is 20.8 Å². The highest BCUT2D eigenvalue weighted by Crippen LogP contribution is 2.50. The van der Waals surface area contributed by atoms with Gasteiger partial charge in [0, 0.05) is 0 Å². The lowest BCUT2D eigenvalue weighted by Gasteiger charge is -2.25. The largest absolute Gasteiger partial charge is 0.497 e. The predicted octanol–water partition coefficient (Wildman–Crippen LogP) is 4.66. The smallest absolute Gasteiger partial charge is 0.195 e. The van der Waals surface area contributed by atoms with Crippen LogP contribution in [-0.2, 0) is 4.74 Å². The molecule has 4 rings (SSSR count). The Balaban J connectivity index is 1.72. The molecule has 0 saturated heterocycles. The summed E-state index contributed by atoms with van der Waals surface area (Å²) in [6, 6.07) is 17.0. The molecule has 1 heterocycles. The van der Waals surface area contributed by atoms with E-state index in [-0.39, 0.29) is 12.0 Å². The minimum atomic E-state index is -0.745. The number of rotatable bonds is 7.